The maximum absolute atomic E-state index is 4.39. The van der Waals surface area contributed by atoms with Crippen LogP contribution in [0.1, 0.15) is 30.9 Å². The fourth-order valence-electron chi connectivity index (χ4n) is 1.98. The predicted octanol–water partition coefficient (Wildman–Crippen LogP) is 3.70. The highest BCUT2D eigenvalue weighted by Gasteiger charge is 2.06. The Hall–Kier alpha value is -1.77. The SMILES string of the molecule is CCCCNc1nccn1-c1cc(C)ccc1C. The number of anilines is 1. The Bertz CT molecular complexity index is 514. The molecule has 0 spiro atoms. The molecule has 2 rings (SSSR count). The van der Waals surface area contributed by atoms with Crippen molar-refractivity contribution in [2.75, 3.05) is 11.9 Å². The largest absolute Gasteiger partial charge is 0.355 e. The number of nitrogens with zero attached hydrogens (tertiary/aromatic N) is 2. The Labute approximate surface area is 109 Å². The van der Waals surface area contributed by atoms with Crippen LogP contribution in [0, 0.1) is 13.8 Å². The van der Waals surface area contributed by atoms with Crippen molar-refractivity contribution in [3.8, 4) is 5.69 Å². The van der Waals surface area contributed by atoms with E-state index in [9.17, 15) is 0 Å². The minimum Gasteiger partial charge on any atom is -0.355 e. The molecule has 0 unspecified atom stereocenters. The number of aromatic nitrogens is 2. The van der Waals surface area contributed by atoms with Crippen LogP contribution >= 0.6 is 0 Å². The summed E-state index contributed by atoms with van der Waals surface area (Å²) in [7, 11) is 0. The van der Waals surface area contributed by atoms with Crippen LogP contribution < -0.4 is 5.32 Å². The second kappa shape index (κ2) is 5.71. The second-order valence-electron chi connectivity index (χ2n) is 4.69. The summed E-state index contributed by atoms with van der Waals surface area (Å²) in [5.41, 5.74) is 3.73. The quantitative estimate of drug-likeness (QED) is 0.811. The molecule has 0 aliphatic rings. The van der Waals surface area contributed by atoms with E-state index in [1.807, 2.05) is 12.4 Å². The summed E-state index contributed by atoms with van der Waals surface area (Å²) in [4.78, 5) is 4.39. The van der Waals surface area contributed by atoms with Gasteiger partial charge in [-0.2, -0.15) is 0 Å². The van der Waals surface area contributed by atoms with Crippen molar-refractivity contribution in [3.05, 3.63) is 41.7 Å². The van der Waals surface area contributed by atoms with Crippen LogP contribution in [0.15, 0.2) is 30.6 Å². The van der Waals surface area contributed by atoms with Gasteiger partial charge in [-0.1, -0.05) is 25.5 Å². The highest BCUT2D eigenvalue weighted by atomic mass is 15.2. The van der Waals surface area contributed by atoms with E-state index < -0.39 is 0 Å². The first-order chi connectivity index (χ1) is 8.72. The fourth-order valence-corrected chi connectivity index (χ4v) is 1.98. The summed E-state index contributed by atoms with van der Waals surface area (Å²) in [5, 5.41) is 3.39. The maximum atomic E-state index is 4.39. The smallest absolute Gasteiger partial charge is 0.207 e. The van der Waals surface area contributed by atoms with Gasteiger partial charge >= 0.3 is 0 Å². The molecule has 0 aliphatic heterocycles. The van der Waals surface area contributed by atoms with E-state index in [-0.39, 0.29) is 0 Å². The van der Waals surface area contributed by atoms with E-state index in [0.29, 0.717) is 0 Å². The number of unbranched alkanes of at least 4 members (excludes halogenated alkanes) is 1. The molecule has 1 N–H and O–H groups in total. The first-order valence-corrected chi connectivity index (χ1v) is 6.57. The van der Waals surface area contributed by atoms with Gasteiger partial charge in [-0.05, 0) is 37.5 Å². The second-order valence-corrected chi connectivity index (χ2v) is 4.69. The third-order valence-electron chi connectivity index (χ3n) is 3.08. The molecular formula is C15H21N3. The Morgan fingerprint density at radius 3 is 2.89 bits per heavy atom. The molecule has 18 heavy (non-hydrogen) atoms. The lowest BCUT2D eigenvalue weighted by molar-refractivity contribution is 0.822. The lowest BCUT2D eigenvalue weighted by Crippen LogP contribution is -2.08. The molecule has 0 aliphatic carbocycles. The number of hydrogen-bond acceptors (Lipinski definition) is 2. The van der Waals surface area contributed by atoms with E-state index >= 15 is 0 Å². The van der Waals surface area contributed by atoms with Crippen LogP contribution in [-0.2, 0) is 0 Å². The summed E-state index contributed by atoms with van der Waals surface area (Å²) < 4.78 is 2.12. The van der Waals surface area contributed by atoms with Crippen molar-refractivity contribution < 1.29 is 0 Å². The third-order valence-corrected chi connectivity index (χ3v) is 3.08. The topological polar surface area (TPSA) is 29.9 Å². The Morgan fingerprint density at radius 1 is 1.28 bits per heavy atom. The number of hydrogen-bond donors (Lipinski definition) is 1. The first kappa shape index (κ1) is 12.7. The minimum atomic E-state index is 0.928. The van der Waals surface area contributed by atoms with Crippen LogP contribution in [-0.4, -0.2) is 16.1 Å². The van der Waals surface area contributed by atoms with Gasteiger partial charge in [-0.25, -0.2) is 4.98 Å². The van der Waals surface area contributed by atoms with Crippen molar-refractivity contribution in [2.24, 2.45) is 0 Å². The van der Waals surface area contributed by atoms with Gasteiger partial charge in [0.2, 0.25) is 5.95 Å². The van der Waals surface area contributed by atoms with E-state index in [4.69, 9.17) is 0 Å². The van der Waals surface area contributed by atoms with Gasteiger partial charge in [0, 0.05) is 18.9 Å². The molecule has 0 atom stereocenters. The molecule has 0 bridgehead atoms. The first-order valence-electron chi connectivity index (χ1n) is 6.57. The number of benzene rings is 1. The molecule has 0 fully saturated rings. The summed E-state index contributed by atoms with van der Waals surface area (Å²) in [6, 6.07) is 6.49. The summed E-state index contributed by atoms with van der Waals surface area (Å²) in [5.74, 6) is 0.928. The molecule has 1 heterocycles. The zero-order chi connectivity index (χ0) is 13.0. The normalized spacial score (nSPS) is 10.6. The van der Waals surface area contributed by atoms with Crippen molar-refractivity contribution in [3.63, 3.8) is 0 Å². The van der Waals surface area contributed by atoms with Crippen LogP contribution in [0.5, 0.6) is 0 Å². The van der Waals surface area contributed by atoms with Gasteiger partial charge in [-0.15, -0.1) is 0 Å². The van der Waals surface area contributed by atoms with Crippen molar-refractivity contribution >= 4 is 5.95 Å². The number of nitrogens with one attached hydrogen (secondary N) is 1. The fraction of sp³-hybridized carbons (Fsp3) is 0.400. The number of imidazole rings is 1. The lowest BCUT2D eigenvalue weighted by atomic mass is 10.1. The molecule has 0 radical (unpaired) electrons. The molecule has 0 amide bonds. The van der Waals surface area contributed by atoms with E-state index in [0.717, 1.165) is 12.5 Å². The monoisotopic (exact) mass is 243 g/mol. The average Bonchev–Trinajstić information content (AvgIpc) is 2.81. The lowest BCUT2D eigenvalue weighted by Gasteiger charge is -2.12. The summed E-state index contributed by atoms with van der Waals surface area (Å²) >= 11 is 0. The predicted molar refractivity (Wildman–Crippen MR) is 76.4 cm³/mol. The third kappa shape index (κ3) is 2.73. The highest BCUT2D eigenvalue weighted by molar-refractivity contribution is 5.48. The Morgan fingerprint density at radius 2 is 2.11 bits per heavy atom. The molecule has 3 heteroatoms. The van der Waals surface area contributed by atoms with Gasteiger partial charge in [0.05, 0.1) is 5.69 Å². The van der Waals surface area contributed by atoms with Crippen LogP contribution in [0.3, 0.4) is 0 Å². The van der Waals surface area contributed by atoms with Crippen molar-refractivity contribution in [1.29, 1.82) is 0 Å². The number of aryl methyl sites for hydroxylation is 2. The molecule has 3 nitrogen and oxygen atoms in total. The van der Waals surface area contributed by atoms with E-state index in [2.05, 4.69) is 53.8 Å². The van der Waals surface area contributed by atoms with E-state index in [1.165, 1.54) is 29.7 Å². The van der Waals surface area contributed by atoms with Gasteiger partial charge in [0.15, 0.2) is 0 Å². The average molecular weight is 243 g/mol. The molecule has 1 aromatic carbocycles. The van der Waals surface area contributed by atoms with Crippen molar-refractivity contribution in [1.82, 2.24) is 9.55 Å². The van der Waals surface area contributed by atoms with Crippen LogP contribution in [0.2, 0.25) is 0 Å². The zero-order valence-electron chi connectivity index (χ0n) is 11.4. The van der Waals surface area contributed by atoms with Gasteiger partial charge in [-0.3, -0.25) is 4.57 Å². The minimum absolute atomic E-state index is 0.928. The zero-order valence-corrected chi connectivity index (χ0v) is 11.4. The van der Waals surface area contributed by atoms with E-state index in [1.54, 1.807) is 0 Å². The van der Waals surface area contributed by atoms with Gasteiger partial charge in [0.25, 0.3) is 0 Å². The van der Waals surface area contributed by atoms with Gasteiger partial charge in [0.1, 0.15) is 0 Å². The standard InChI is InChI=1S/C15H21N3/c1-4-5-8-16-15-17-9-10-18(15)14-11-12(2)6-7-13(14)3/h6-7,9-11H,4-5,8H2,1-3H3,(H,16,17). The molecule has 96 valence electrons. The molecule has 2 aromatic rings. The Balaban J connectivity index is 2.27. The molecular weight excluding hydrogens is 222 g/mol. The molecule has 0 saturated heterocycles. The maximum Gasteiger partial charge on any atom is 0.207 e. The number of rotatable bonds is 5. The summed E-state index contributed by atoms with van der Waals surface area (Å²) in [6.07, 6.45) is 6.21. The molecule has 1 aromatic heterocycles. The van der Waals surface area contributed by atoms with Crippen molar-refractivity contribution in [2.45, 2.75) is 33.6 Å². The van der Waals surface area contributed by atoms with Crippen LogP contribution in [0.25, 0.3) is 5.69 Å². The molecule has 0 saturated carbocycles. The van der Waals surface area contributed by atoms with Crippen LogP contribution in [0.4, 0.5) is 5.95 Å². The summed E-state index contributed by atoms with van der Waals surface area (Å²) in [6.45, 7) is 7.41. The van der Waals surface area contributed by atoms with Gasteiger partial charge < -0.3 is 5.32 Å². The Kier molecular flexibility index (Phi) is 4.03. The highest BCUT2D eigenvalue weighted by Crippen LogP contribution is 2.19.